The molecule has 0 spiro atoms. The molecular formula is C24H34N4O5S3. The van der Waals surface area contributed by atoms with E-state index in [1.807, 2.05) is 7.05 Å². The maximum absolute atomic E-state index is 13.5. The highest BCUT2D eigenvalue weighted by atomic mass is 32.2. The lowest BCUT2D eigenvalue weighted by Gasteiger charge is -2.31. The minimum Gasteiger partial charge on any atom is -0.304 e. The summed E-state index contributed by atoms with van der Waals surface area (Å²) in [5.74, 6) is -0.323. The summed E-state index contributed by atoms with van der Waals surface area (Å²) in [4.78, 5) is 20.1. The fourth-order valence-electron chi connectivity index (χ4n) is 4.93. The van der Waals surface area contributed by atoms with Gasteiger partial charge in [-0.05, 0) is 44.0 Å². The number of nitrogens with one attached hydrogen (secondary N) is 1. The molecule has 1 amide bonds. The average Bonchev–Trinajstić information content (AvgIpc) is 3.47. The number of thiazole rings is 1. The Hall–Kier alpha value is -1.86. The van der Waals surface area contributed by atoms with E-state index in [4.69, 9.17) is 0 Å². The number of hydrogen-bond donors (Lipinski definition) is 1. The molecular weight excluding hydrogens is 520 g/mol. The Morgan fingerprint density at radius 3 is 2.28 bits per heavy atom. The van der Waals surface area contributed by atoms with E-state index < -0.39 is 25.8 Å². The molecule has 1 aliphatic heterocycles. The molecule has 2 aromatic rings. The zero-order chi connectivity index (χ0) is 26.1. The number of sulfonamides is 1. The van der Waals surface area contributed by atoms with Crippen molar-refractivity contribution in [2.75, 3.05) is 44.8 Å². The van der Waals surface area contributed by atoms with Crippen LogP contribution in [-0.4, -0.2) is 76.4 Å². The van der Waals surface area contributed by atoms with Crippen LogP contribution in [0.25, 0.3) is 0 Å². The smallest absolute Gasteiger partial charge is 0.254 e. The number of carbonyl (C=O) groups excluding carboxylic acids is 1. The Labute approximate surface area is 217 Å². The lowest BCUT2D eigenvalue weighted by Crippen LogP contribution is -2.46. The standard InChI is InChI=1S/C24H34N4O5S3/c1-17-23(36(32,33)28-14-12-27(2)13-15-28)34-24(25-17)26-22(29)21(16-18-6-4-5-7-18)19-8-10-20(11-9-19)35(3,30)31/h8-11,18,21H,4-7,12-16H2,1-3H3,(H,25,26,29)/t21-/m1/s1. The van der Waals surface area contributed by atoms with Crippen molar-refractivity contribution >= 4 is 42.2 Å². The number of nitrogens with zero attached hydrogens (tertiary/aromatic N) is 3. The van der Waals surface area contributed by atoms with Gasteiger partial charge in [-0.3, -0.25) is 4.79 Å². The highest BCUT2D eigenvalue weighted by Crippen LogP contribution is 2.36. The van der Waals surface area contributed by atoms with Crippen LogP contribution < -0.4 is 5.32 Å². The molecule has 36 heavy (non-hydrogen) atoms. The van der Waals surface area contributed by atoms with Crippen molar-refractivity contribution in [3.05, 3.63) is 35.5 Å². The average molecular weight is 555 g/mol. The van der Waals surface area contributed by atoms with Crippen LogP contribution in [0.3, 0.4) is 0 Å². The number of sulfone groups is 1. The molecule has 1 aromatic heterocycles. The van der Waals surface area contributed by atoms with Crippen LogP contribution in [0.1, 0.15) is 49.3 Å². The quantitative estimate of drug-likeness (QED) is 0.533. The number of aromatic nitrogens is 1. The normalized spacial score (nSPS) is 19.4. The second kappa shape index (κ2) is 10.9. The Morgan fingerprint density at radius 2 is 1.69 bits per heavy atom. The summed E-state index contributed by atoms with van der Waals surface area (Å²) in [6.45, 7) is 3.83. The highest BCUT2D eigenvalue weighted by molar-refractivity contribution is 7.91. The monoisotopic (exact) mass is 554 g/mol. The predicted molar refractivity (Wildman–Crippen MR) is 141 cm³/mol. The number of hydrogen-bond acceptors (Lipinski definition) is 8. The van der Waals surface area contributed by atoms with Gasteiger partial charge in [-0.25, -0.2) is 21.8 Å². The lowest BCUT2D eigenvalue weighted by molar-refractivity contribution is -0.118. The zero-order valence-corrected chi connectivity index (χ0v) is 23.4. The lowest BCUT2D eigenvalue weighted by atomic mass is 9.87. The third kappa shape index (κ3) is 6.16. The zero-order valence-electron chi connectivity index (χ0n) is 20.9. The summed E-state index contributed by atoms with van der Waals surface area (Å²) in [6.07, 6.45) is 6.23. The van der Waals surface area contributed by atoms with Gasteiger partial charge in [0.2, 0.25) is 5.91 Å². The van der Waals surface area contributed by atoms with Gasteiger partial charge in [0.25, 0.3) is 10.0 Å². The number of benzene rings is 1. The van der Waals surface area contributed by atoms with Crippen molar-refractivity contribution in [3.8, 4) is 0 Å². The Kier molecular flexibility index (Phi) is 8.20. The van der Waals surface area contributed by atoms with Gasteiger partial charge in [-0.2, -0.15) is 4.31 Å². The molecule has 198 valence electrons. The highest BCUT2D eigenvalue weighted by Gasteiger charge is 2.32. The van der Waals surface area contributed by atoms with Gasteiger partial charge in [-0.15, -0.1) is 0 Å². The second-order valence-corrected chi connectivity index (χ2v) is 15.0. The van der Waals surface area contributed by atoms with Crippen molar-refractivity contribution in [1.82, 2.24) is 14.2 Å². The molecule has 1 aromatic carbocycles. The number of likely N-dealkylation sites (N-methyl/N-ethyl adjacent to an activating group) is 1. The SMILES string of the molecule is Cc1nc(NC(=O)[C@H](CC2CCCC2)c2ccc(S(C)(=O)=O)cc2)sc1S(=O)(=O)N1CCN(C)CC1. The van der Waals surface area contributed by atoms with Gasteiger partial charge in [0, 0.05) is 32.4 Å². The minimum atomic E-state index is -3.69. The number of piperazine rings is 1. The summed E-state index contributed by atoms with van der Waals surface area (Å²) in [6, 6.07) is 6.47. The number of amides is 1. The summed E-state index contributed by atoms with van der Waals surface area (Å²) >= 11 is 0.985. The van der Waals surface area contributed by atoms with E-state index in [1.165, 1.54) is 16.4 Å². The molecule has 0 radical (unpaired) electrons. The van der Waals surface area contributed by atoms with Crippen molar-refractivity contribution < 1.29 is 21.6 Å². The van der Waals surface area contributed by atoms with E-state index in [1.54, 1.807) is 19.1 Å². The number of anilines is 1. The van der Waals surface area contributed by atoms with Crippen LogP contribution in [-0.2, 0) is 24.7 Å². The molecule has 1 aliphatic carbocycles. The van der Waals surface area contributed by atoms with Crippen LogP contribution in [0, 0.1) is 12.8 Å². The first-order valence-corrected chi connectivity index (χ1v) is 16.4. The summed E-state index contributed by atoms with van der Waals surface area (Å²) in [5.41, 5.74) is 1.12. The predicted octanol–water partition coefficient (Wildman–Crippen LogP) is 3.09. The van der Waals surface area contributed by atoms with E-state index >= 15 is 0 Å². The number of aryl methyl sites for hydroxylation is 1. The number of carbonyl (C=O) groups is 1. The van der Waals surface area contributed by atoms with Gasteiger partial charge in [0.05, 0.1) is 16.5 Å². The van der Waals surface area contributed by atoms with E-state index in [0.717, 1.165) is 48.8 Å². The molecule has 9 nitrogen and oxygen atoms in total. The molecule has 2 fully saturated rings. The molecule has 2 aliphatic rings. The van der Waals surface area contributed by atoms with Crippen molar-refractivity contribution in [2.45, 2.75) is 54.1 Å². The van der Waals surface area contributed by atoms with Crippen LogP contribution >= 0.6 is 11.3 Å². The van der Waals surface area contributed by atoms with Crippen LogP contribution in [0.4, 0.5) is 5.13 Å². The van der Waals surface area contributed by atoms with Gasteiger partial charge < -0.3 is 10.2 Å². The number of rotatable bonds is 8. The molecule has 1 N–H and O–H groups in total. The molecule has 2 heterocycles. The van der Waals surface area contributed by atoms with Crippen molar-refractivity contribution in [2.24, 2.45) is 5.92 Å². The molecule has 4 rings (SSSR count). The van der Waals surface area contributed by atoms with Crippen LogP contribution in [0.2, 0.25) is 0 Å². The van der Waals surface area contributed by atoms with E-state index in [2.05, 4.69) is 15.2 Å². The summed E-state index contributed by atoms with van der Waals surface area (Å²) in [7, 11) is -5.06. The third-order valence-electron chi connectivity index (χ3n) is 7.09. The molecule has 0 unspecified atom stereocenters. The summed E-state index contributed by atoms with van der Waals surface area (Å²) in [5, 5.41) is 3.12. The van der Waals surface area contributed by atoms with Gasteiger partial charge >= 0.3 is 0 Å². The second-order valence-electron chi connectivity index (χ2n) is 9.87. The van der Waals surface area contributed by atoms with Crippen LogP contribution in [0.15, 0.2) is 33.4 Å². The maximum Gasteiger partial charge on any atom is 0.254 e. The Bertz CT molecular complexity index is 1290. The largest absolute Gasteiger partial charge is 0.304 e. The Morgan fingerprint density at radius 1 is 1.08 bits per heavy atom. The Balaban J connectivity index is 1.55. The van der Waals surface area contributed by atoms with E-state index in [9.17, 15) is 21.6 Å². The fraction of sp³-hybridized carbons (Fsp3) is 0.583. The van der Waals surface area contributed by atoms with E-state index in [-0.39, 0.29) is 20.1 Å². The molecule has 12 heteroatoms. The molecule has 0 bridgehead atoms. The maximum atomic E-state index is 13.5. The molecule has 1 saturated carbocycles. The van der Waals surface area contributed by atoms with Crippen LogP contribution in [0.5, 0.6) is 0 Å². The fourth-order valence-corrected chi connectivity index (χ4v) is 8.54. The van der Waals surface area contributed by atoms with E-state index in [0.29, 0.717) is 44.2 Å². The molecule has 1 saturated heterocycles. The van der Waals surface area contributed by atoms with Gasteiger partial charge in [0.1, 0.15) is 0 Å². The topological polar surface area (TPSA) is 117 Å². The summed E-state index contributed by atoms with van der Waals surface area (Å²) < 4.78 is 51.8. The third-order valence-corrected chi connectivity index (χ3v) is 11.8. The van der Waals surface area contributed by atoms with Crippen molar-refractivity contribution in [1.29, 1.82) is 0 Å². The minimum absolute atomic E-state index is 0.159. The molecule has 1 atom stereocenters. The first-order chi connectivity index (χ1) is 16.9. The first kappa shape index (κ1) is 27.2. The first-order valence-electron chi connectivity index (χ1n) is 12.2. The van der Waals surface area contributed by atoms with Gasteiger partial charge in [0.15, 0.2) is 19.2 Å². The van der Waals surface area contributed by atoms with Crippen molar-refractivity contribution in [3.63, 3.8) is 0 Å². The van der Waals surface area contributed by atoms with Gasteiger partial charge in [-0.1, -0.05) is 49.2 Å².